The molecule has 1 aliphatic heterocycles. The van der Waals surface area contributed by atoms with Crippen LogP contribution in [-0.4, -0.2) is 42.5 Å². The number of hydrogen-bond donors (Lipinski definition) is 0. The predicted molar refractivity (Wildman–Crippen MR) is 49.0 cm³/mol. The Morgan fingerprint density at radius 3 is 2.00 bits per heavy atom. The molecule has 0 bridgehead atoms. The highest BCUT2D eigenvalue weighted by molar-refractivity contribution is 5.76. The Hall–Kier alpha value is -0.730. The molecule has 0 N–H and O–H groups in total. The minimum absolute atomic E-state index is 0.134. The number of amides is 2. The molecule has 1 saturated heterocycles. The summed E-state index contributed by atoms with van der Waals surface area (Å²) in [5.74, 6) is 0. The molecule has 0 radical (unpaired) electrons. The second-order valence-corrected chi connectivity index (χ2v) is 4.66. The minimum atomic E-state index is 0.134. The number of urea groups is 1. The van der Waals surface area contributed by atoms with Crippen molar-refractivity contribution < 1.29 is 4.79 Å². The van der Waals surface area contributed by atoms with Gasteiger partial charge in [-0.1, -0.05) is 20.8 Å². The molecule has 1 fully saturated rings. The maximum Gasteiger partial charge on any atom is 0.319 e. The van der Waals surface area contributed by atoms with Crippen LogP contribution in [0.4, 0.5) is 4.79 Å². The number of likely N-dealkylation sites (N-methyl/N-ethyl adjacent to an activating group) is 2. The van der Waals surface area contributed by atoms with Crippen LogP contribution >= 0.6 is 0 Å². The van der Waals surface area contributed by atoms with Crippen molar-refractivity contribution >= 4 is 6.03 Å². The van der Waals surface area contributed by atoms with E-state index in [2.05, 4.69) is 20.8 Å². The molecule has 0 aromatic rings. The van der Waals surface area contributed by atoms with E-state index in [-0.39, 0.29) is 11.4 Å². The van der Waals surface area contributed by atoms with Gasteiger partial charge in [-0.3, -0.25) is 0 Å². The van der Waals surface area contributed by atoms with E-state index in [0.29, 0.717) is 6.04 Å². The van der Waals surface area contributed by atoms with Gasteiger partial charge in [0.05, 0.1) is 6.04 Å². The molecule has 0 saturated carbocycles. The van der Waals surface area contributed by atoms with E-state index in [0.717, 1.165) is 6.54 Å². The van der Waals surface area contributed by atoms with Crippen molar-refractivity contribution in [2.45, 2.75) is 26.8 Å². The summed E-state index contributed by atoms with van der Waals surface area (Å²) in [6, 6.07) is 0.477. The Kier molecular flexibility index (Phi) is 2.06. The molecule has 1 atom stereocenters. The topological polar surface area (TPSA) is 23.6 Å². The highest BCUT2D eigenvalue weighted by Gasteiger charge is 2.39. The van der Waals surface area contributed by atoms with Crippen LogP contribution in [0.25, 0.3) is 0 Å². The first-order chi connectivity index (χ1) is 5.34. The highest BCUT2D eigenvalue weighted by atomic mass is 16.2. The molecule has 2 amide bonds. The van der Waals surface area contributed by atoms with Gasteiger partial charge in [-0.05, 0) is 5.41 Å². The molecular weight excluding hydrogens is 152 g/mol. The smallest absolute Gasteiger partial charge is 0.319 e. The van der Waals surface area contributed by atoms with Gasteiger partial charge in [0.1, 0.15) is 0 Å². The Morgan fingerprint density at radius 1 is 1.33 bits per heavy atom. The van der Waals surface area contributed by atoms with Crippen LogP contribution in [0.5, 0.6) is 0 Å². The standard InChI is InChI=1S/C9H18N2O/c1-9(2,3)7-6-10(4)8(12)11(7)5/h7H,6H2,1-5H3. The summed E-state index contributed by atoms with van der Waals surface area (Å²) in [6.07, 6.45) is 0. The number of carbonyl (C=O) groups excluding carboxylic acids is 1. The summed E-state index contributed by atoms with van der Waals surface area (Å²) in [5.41, 5.74) is 0.176. The van der Waals surface area contributed by atoms with Gasteiger partial charge in [0.15, 0.2) is 0 Å². The molecular formula is C9H18N2O. The quantitative estimate of drug-likeness (QED) is 0.539. The van der Waals surface area contributed by atoms with E-state index in [4.69, 9.17) is 0 Å². The van der Waals surface area contributed by atoms with Crippen molar-refractivity contribution in [2.24, 2.45) is 5.41 Å². The molecule has 1 heterocycles. The van der Waals surface area contributed by atoms with Crippen molar-refractivity contribution in [3.8, 4) is 0 Å². The molecule has 3 nitrogen and oxygen atoms in total. The fourth-order valence-corrected chi connectivity index (χ4v) is 1.72. The van der Waals surface area contributed by atoms with Crippen LogP contribution in [-0.2, 0) is 0 Å². The van der Waals surface area contributed by atoms with Gasteiger partial charge in [-0.15, -0.1) is 0 Å². The Balaban J connectivity index is 2.78. The molecule has 1 rings (SSSR count). The molecule has 12 heavy (non-hydrogen) atoms. The zero-order chi connectivity index (χ0) is 9.52. The van der Waals surface area contributed by atoms with Gasteiger partial charge in [-0.25, -0.2) is 4.79 Å². The zero-order valence-corrected chi connectivity index (χ0v) is 8.59. The monoisotopic (exact) mass is 170 g/mol. The SMILES string of the molecule is CN1CC(C(C)(C)C)N(C)C1=O. The number of nitrogens with zero attached hydrogens (tertiary/aromatic N) is 2. The lowest BCUT2D eigenvalue weighted by Crippen LogP contribution is -2.39. The van der Waals surface area contributed by atoms with E-state index >= 15 is 0 Å². The normalized spacial score (nSPS) is 25.4. The molecule has 1 unspecified atom stereocenters. The third kappa shape index (κ3) is 1.40. The lowest BCUT2D eigenvalue weighted by Gasteiger charge is -2.30. The maximum absolute atomic E-state index is 11.4. The third-order valence-electron chi connectivity index (χ3n) is 2.54. The molecule has 0 spiro atoms. The zero-order valence-electron chi connectivity index (χ0n) is 8.59. The summed E-state index contributed by atoms with van der Waals surface area (Å²) in [7, 11) is 3.73. The Morgan fingerprint density at radius 2 is 1.83 bits per heavy atom. The van der Waals surface area contributed by atoms with Crippen molar-refractivity contribution in [3.05, 3.63) is 0 Å². The minimum Gasteiger partial charge on any atom is -0.326 e. The van der Waals surface area contributed by atoms with Crippen LogP contribution in [0.3, 0.4) is 0 Å². The van der Waals surface area contributed by atoms with Crippen molar-refractivity contribution in [2.75, 3.05) is 20.6 Å². The van der Waals surface area contributed by atoms with Crippen molar-refractivity contribution in [3.63, 3.8) is 0 Å². The van der Waals surface area contributed by atoms with Gasteiger partial charge in [0, 0.05) is 20.6 Å². The summed E-state index contributed by atoms with van der Waals surface area (Å²) in [5, 5.41) is 0. The summed E-state index contributed by atoms with van der Waals surface area (Å²) >= 11 is 0. The molecule has 0 aliphatic carbocycles. The Labute approximate surface area is 74.3 Å². The van der Waals surface area contributed by atoms with E-state index < -0.39 is 0 Å². The van der Waals surface area contributed by atoms with Crippen LogP contribution in [0.15, 0.2) is 0 Å². The average molecular weight is 170 g/mol. The first kappa shape index (κ1) is 9.36. The first-order valence-corrected chi connectivity index (χ1v) is 4.32. The van der Waals surface area contributed by atoms with Crippen molar-refractivity contribution in [1.82, 2.24) is 9.80 Å². The van der Waals surface area contributed by atoms with Gasteiger partial charge < -0.3 is 9.80 Å². The van der Waals surface area contributed by atoms with Crippen molar-refractivity contribution in [1.29, 1.82) is 0 Å². The molecule has 70 valence electrons. The van der Waals surface area contributed by atoms with Crippen LogP contribution in [0.1, 0.15) is 20.8 Å². The maximum atomic E-state index is 11.4. The van der Waals surface area contributed by atoms with Crippen LogP contribution in [0.2, 0.25) is 0 Å². The molecule has 1 aliphatic rings. The molecule has 3 heteroatoms. The molecule has 0 aromatic heterocycles. The fraction of sp³-hybridized carbons (Fsp3) is 0.889. The average Bonchev–Trinajstić information content (AvgIpc) is 2.15. The summed E-state index contributed by atoms with van der Waals surface area (Å²) in [6.45, 7) is 7.35. The second-order valence-electron chi connectivity index (χ2n) is 4.66. The number of carbonyl (C=O) groups is 1. The lowest BCUT2D eigenvalue weighted by atomic mass is 9.86. The summed E-state index contributed by atoms with van der Waals surface area (Å²) < 4.78 is 0. The predicted octanol–water partition coefficient (Wildman–Crippen LogP) is 1.40. The third-order valence-corrected chi connectivity index (χ3v) is 2.54. The summed E-state index contributed by atoms with van der Waals surface area (Å²) in [4.78, 5) is 15.0. The fourth-order valence-electron chi connectivity index (χ4n) is 1.72. The van der Waals surface area contributed by atoms with Gasteiger partial charge in [-0.2, -0.15) is 0 Å². The van der Waals surface area contributed by atoms with E-state index in [1.807, 2.05) is 19.0 Å². The van der Waals surface area contributed by atoms with Crippen LogP contribution < -0.4 is 0 Å². The number of rotatable bonds is 0. The number of hydrogen-bond acceptors (Lipinski definition) is 1. The molecule has 0 aromatic carbocycles. The first-order valence-electron chi connectivity index (χ1n) is 4.32. The lowest BCUT2D eigenvalue weighted by molar-refractivity contribution is 0.173. The van der Waals surface area contributed by atoms with Gasteiger partial charge in [0.25, 0.3) is 0 Å². The largest absolute Gasteiger partial charge is 0.326 e. The Bertz CT molecular complexity index is 195. The van der Waals surface area contributed by atoms with E-state index in [1.165, 1.54) is 0 Å². The van der Waals surface area contributed by atoms with E-state index in [9.17, 15) is 4.79 Å². The second kappa shape index (κ2) is 2.64. The highest BCUT2D eigenvalue weighted by Crippen LogP contribution is 2.28. The van der Waals surface area contributed by atoms with Gasteiger partial charge in [0.2, 0.25) is 0 Å². The van der Waals surface area contributed by atoms with Gasteiger partial charge >= 0.3 is 6.03 Å². The van der Waals surface area contributed by atoms with Crippen LogP contribution in [0, 0.1) is 5.41 Å². The van der Waals surface area contributed by atoms with E-state index in [1.54, 1.807) is 4.90 Å².